The molecule has 1 aliphatic heterocycles. The van der Waals surface area contributed by atoms with Gasteiger partial charge in [-0.15, -0.1) is 0 Å². The molecule has 1 aromatic heterocycles. The Labute approximate surface area is 162 Å². The number of rotatable bonds is 4. The highest BCUT2D eigenvalue weighted by molar-refractivity contribution is 5.95. The summed E-state index contributed by atoms with van der Waals surface area (Å²) in [6.07, 6.45) is 5.12. The maximum absolute atomic E-state index is 12.3. The molecule has 0 atom stereocenters. The predicted octanol–water partition coefficient (Wildman–Crippen LogP) is 2.09. The Kier molecular flexibility index (Phi) is 5.05. The van der Waals surface area contributed by atoms with E-state index in [0.29, 0.717) is 5.56 Å². The number of aryl methyl sites for hydroxylation is 1. The number of anilines is 1. The van der Waals surface area contributed by atoms with Crippen LogP contribution in [0.5, 0.6) is 0 Å². The van der Waals surface area contributed by atoms with Crippen LogP contribution in [-0.4, -0.2) is 34.7 Å². The molecule has 3 aromatic rings. The van der Waals surface area contributed by atoms with Gasteiger partial charge in [0.2, 0.25) is 0 Å². The van der Waals surface area contributed by atoms with Crippen molar-refractivity contribution in [2.45, 2.75) is 12.8 Å². The highest BCUT2D eigenvalue weighted by Crippen LogP contribution is 2.26. The third-order valence-electron chi connectivity index (χ3n) is 4.72. The summed E-state index contributed by atoms with van der Waals surface area (Å²) >= 11 is 0. The normalized spacial score (nSPS) is 12.9. The molecule has 2 N–H and O–H groups in total. The van der Waals surface area contributed by atoms with E-state index in [4.69, 9.17) is 0 Å². The number of aromatic nitrogens is 2. The molecule has 0 unspecified atom stereocenters. The van der Waals surface area contributed by atoms with Gasteiger partial charge in [-0.1, -0.05) is 36.4 Å². The van der Waals surface area contributed by atoms with Gasteiger partial charge in [-0.2, -0.15) is 5.10 Å². The summed E-state index contributed by atoms with van der Waals surface area (Å²) < 4.78 is 1.61. The quantitative estimate of drug-likeness (QED) is 0.685. The first-order chi connectivity index (χ1) is 13.7. The van der Waals surface area contributed by atoms with Gasteiger partial charge in [-0.05, 0) is 36.6 Å². The zero-order chi connectivity index (χ0) is 19.3. The predicted molar refractivity (Wildman–Crippen MR) is 106 cm³/mol. The van der Waals surface area contributed by atoms with Crippen LogP contribution in [0.15, 0.2) is 67.0 Å². The van der Waals surface area contributed by atoms with Crippen molar-refractivity contribution in [1.82, 2.24) is 20.6 Å². The number of benzene rings is 2. The van der Waals surface area contributed by atoms with Gasteiger partial charge >= 0.3 is 0 Å². The zero-order valence-corrected chi connectivity index (χ0v) is 15.3. The molecule has 2 amide bonds. The average Bonchev–Trinajstić information content (AvgIpc) is 3.23. The molecule has 2 aromatic carbocycles. The van der Waals surface area contributed by atoms with Crippen molar-refractivity contribution in [3.8, 4) is 5.69 Å². The second-order valence-corrected chi connectivity index (χ2v) is 6.67. The van der Waals surface area contributed by atoms with E-state index >= 15 is 0 Å². The Morgan fingerprint density at radius 2 is 1.79 bits per heavy atom. The largest absolute Gasteiger partial charge is 0.362 e. The highest BCUT2D eigenvalue weighted by atomic mass is 16.2. The number of carbonyl (C=O) groups excluding carboxylic acids is 2. The van der Waals surface area contributed by atoms with Gasteiger partial charge in [0.05, 0.1) is 24.0 Å². The topological polar surface area (TPSA) is 79.3 Å². The number of hydrazine groups is 1. The van der Waals surface area contributed by atoms with E-state index in [-0.39, 0.29) is 12.5 Å². The average molecular weight is 375 g/mol. The van der Waals surface area contributed by atoms with E-state index in [0.717, 1.165) is 30.8 Å². The summed E-state index contributed by atoms with van der Waals surface area (Å²) in [6.45, 7) is 1.02. The second kappa shape index (κ2) is 7.96. The lowest BCUT2D eigenvalue weighted by Gasteiger charge is -2.30. The van der Waals surface area contributed by atoms with Crippen LogP contribution in [0.25, 0.3) is 5.69 Å². The minimum Gasteiger partial charge on any atom is -0.362 e. The molecule has 0 fully saturated rings. The summed E-state index contributed by atoms with van der Waals surface area (Å²) in [5, 5.41) is 4.19. The third-order valence-corrected chi connectivity index (χ3v) is 4.72. The summed E-state index contributed by atoms with van der Waals surface area (Å²) in [5.74, 6) is -0.671. The SMILES string of the molecule is O=C(CN1CCCc2ccccc21)NNC(=O)c1cnn(-c2ccccc2)c1. The van der Waals surface area contributed by atoms with Crippen LogP contribution in [0.2, 0.25) is 0 Å². The zero-order valence-electron chi connectivity index (χ0n) is 15.3. The fraction of sp³-hybridized carbons (Fsp3) is 0.190. The molecule has 0 radical (unpaired) electrons. The number of nitrogens with one attached hydrogen (secondary N) is 2. The molecule has 0 spiro atoms. The Morgan fingerprint density at radius 3 is 2.64 bits per heavy atom. The second-order valence-electron chi connectivity index (χ2n) is 6.67. The molecule has 4 rings (SSSR count). The summed E-state index contributed by atoms with van der Waals surface area (Å²) in [6, 6.07) is 17.6. The van der Waals surface area contributed by atoms with Crippen LogP contribution >= 0.6 is 0 Å². The Morgan fingerprint density at radius 1 is 1.00 bits per heavy atom. The summed E-state index contributed by atoms with van der Waals surface area (Å²) in [7, 11) is 0. The number of hydrogen-bond donors (Lipinski definition) is 2. The summed E-state index contributed by atoms with van der Waals surface area (Å²) in [5.41, 5.74) is 8.51. The molecule has 0 aliphatic carbocycles. The third kappa shape index (κ3) is 3.88. The molecule has 1 aliphatic rings. The first-order valence-electron chi connectivity index (χ1n) is 9.23. The van der Waals surface area contributed by atoms with Crippen molar-refractivity contribution in [3.63, 3.8) is 0 Å². The van der Waals surface area contributed by atoms with Gasteiger partial charge in [0.1, 0.15) is 0 Å². The van der Waals surface area contributed by atoms with E-state index in [1.807, 2.05) is 53.4 Å². The highest BCUT2D eigenvalue weighted by Gasteiger charge is 2.19. The Hall–Kier alpha value is -3.61. The first kappa shape index (κ1) is 17.8. The molecule has 0 saturated heterocycles. The Bertz CT molecular complexity index is 983. The van der Waals surface area contributed by atoms with Gasteiger partial charge in [0.15, 0.2) is 0 Å². The standard InChI is InChI=1S/C21H21N5O2/c27-20(15-25-12-6-8-16-7-4-5-11-19(16)25)23-24-21(28)17-13-22-26(14-17)18-9-2-1-3-10-18/h1-5,7,9-11,13-14H,6,8,12,15H2,(H,23,27)(H,24,28). The number of hydrogen-bond acceptors (Lipinski definition) is 4. The molecular formula is C21H21N5O2. The molecule has 0 saturated carbocycles. The van der Waals surface area contributed by atoms with Gasteiger partial charge in [-0.3, -0.25) is 20.4 Å². The first-order valence-corrected chi connectivity index (χ1v) is 9.23. The van der Waals surface area contributed by atoms with E-state index in [2.05, 4.69) is 22.0 Å². The lowest BCUT2D eigenvalue weighted by Crippen LogP contribution is -2.47. The van der Waals surface area contributed by atoms with Gasteiger partial charge in [-0.25, -0.2) is 4.68 Å². The monoisotopic (exact) mass is 375 g/mol. The number of fused-ring (bicyclic) bond motifs is 1. The number of nitrogens with zero attached hydrogens (tertiary/aromatic N) is 3. The van der Waals surface area contributed by atoms with Crippen LogP contribution < -0.4 is 15.8 Å². The molecular weight excluding hydrogens is 354 g/mol. The van der Waals surface area contributed by atoms with Crippen molar-refractivity contribution in [2.24, 2.45) is 0 Å². The van der Waals surface area contributed by atoms with Gasteiger partial charge in [0, 0.05) is 18.4 Å². The van der Waals surface area contributed by atoms with Crippen molar-refractivity contribution in [1.29, 1.82) is 0 Å². The number of carbonyl (C=O) groups is 2. The molecule has 7 heteroatoms. The van der Waals surface area contributed by atoms with Gasteiger partial charge < -0.3 is 4.90 Å². The fourth-order valence-electron chi connectivity index (χ4n) is 3.35. The molecule has 28 heavy (non-hydrogen) atoms. The maximum atomic E-state index is 12.3. The van der Waals surface area contributed by atoms with E-state index < -0.39 is 5.91 Å². The van der Waals surface area contributed by atoms with Gasteiger partial charge in [0.25, 0.3) is 11.8 Å². The molecule has 0 bridgehead atoms. The molecule has 7 nitrogen and oxygen atoms in total. The molecule has 142 valence electrons. The lowest BCUT2D eigenvalue weighted by atomic mass is 10.0. The van der Waals surface area contributed by atoms with Crippen molar-refractivity contribution in [3.05, 3.63) is 78.1 Å². The lowest BCUT2D eigenvalue weighted by molar-refractivity contribution is -0.120. The van der Waals surface area contributed by atoms with Crippen LogP contribution in [0.3, 0.4) is 0 Å². The van der Waals surface area contributed by atoms with Crippen LogP contribution in [0.1, 0.15) is 22.3 Å². The minimum absolute atomic E-state index is 0.195. The fourth-order valence-corrected chi connectivity index (χ4v) is 3.35. The smallest absolute Gasteiger partial charge is 0.272 e. The maximum Gasteiger partial charge on any atom is 0.272 e. The van der Waals surface area contributed by atoms with E-state index in [1.54, 1.807) is 10.9 Å². The van der Waals surface area contributed by atoms with Crippen molar-refractivity contribution < 1.29 is 9.59 Å². The van der Waals surface area contributed by atoms with E-state index in [1.165, 1.54) is 11.8 Å². The van der Waals surface area contributed by atoms with Crippen LogP contribution in [-0.2, 0) is 11.2 Å². The van der Waals surface area contributed by atoms with Crippen LogP contribution in [0, 0.1) is 0 Å². The Balaban J connectivity index is 1.33. The van der Waals surface area contributed by atoms with Crippen LogP contribution in [0.4, 0.5) is 5.69 Å². The van der Waals surface area contributed by atoms with E-state index in [9.17, 15) is 9.59 Å². The molecule has 2 heterocycles. The number of amides is 2. The van der Waals surface area contributed by atoms with Crippen molar-refractivity contribution >= 4 is 17.5 Å². The number of para-hydroxylation sites is 2. The van der Waals surface area contributed by atoms with Crippen molar-refractivity contribution in [2.75, 3.05) is 18.0 Å². The summed E-state index contributed by atoms with van der Waals surface area (Å²) in [4.78, 5) is 26.6. The minimum atomic E-state index is -0.408.